The molecule has 0 amide bonds. The molecule has 0 bridgehead atoms. The molecule has 2 rings (SSSR count). The number of aryl methyl sites for hydroxylation is 1. The zero-order valence-corrected chi connectivity index (χ0v) is 9.00. The van der Waals surface area contributed by atoms with Crippen LogP contribution in [0.4, 0.5) is 0 Å². The van der Waals surface area contributed by atoms with Gasteiger partial charge in [-0.25, -0.2) is 0 Å². The van der Waals surface area contributed by atoms with Crippen molar-refractivity contribution in [2.45, 2.75) is 25.9 Å². The highest BCUT2D eigenvalue weighted by Crippen LogP contribution is 2.11. The number of aromatic nitrogens is 2. The Morgan fingerprint density at radius 3 is 3.00 bits per heavy atom. The van der Waals surface area contributed by atoms with E-state index in [1.807, 2.05) is 6.92 Å². The maximum atomic E-state index is 10.6. The molecule has 1 aromatic rings. The average Bonchev–Trinajstić information content (AvgIpc) is 2.16. The van der Waals surface area contributed by atoms with E-state index < -0.39 is 12.0 Å². The van der Waals surface area contributed by atoms with Crippen LogP contribution < -0.4 is 10.4 Å². The molecule has 82 valence electrons. The van der Waals surface area contributed by atoms with Gasteiger partial charge in [0.15, 0.2) is 0 Å². The first-order valence-corrected chi connectivity index (χ1v) is 4.42. The van der Waals surface area contributed by atoms with Crippen molar-refractivity contribution < 1.29 is 9.90 Å². The molecule has 0 aliphatic carbocycles. The van der Waals surface area contributed by atoms with Crippen molar-refractivity contribution in [2.75, 3.05) is 0 Å². The normalized spacial score (nSPS) is 18.9. The van der Waals surface area contributed by atoms with Crippen molar-refractivity contribution in [2.24, 2.45) is 0 Å². The lowest BCUT2D eigenvalue weighted by atomic mass is 10.1. The number of fused-ring (bicyclic) bond motifs is 1. The lowest BCUT2D eigenvalue weighted by Crippen LogP contribution is -2.49. The second-order valence-electron chi connectivity index (χ2n) is 3.36. The number of rotatable bonds is 1. The van der Waals surface area contributed by atoms with Gasteiger partial charge >= 0.3 is 0 Å². The van der Waals surface area contributed by atoms with Crippen molar-refractivity contribution in [3.05, 3.63) is 23.3 Å². The fraction of sp³-hybridized carbons (Fsp3) is 0.444. The van der Waals surface area contributed by atoms with Crippen LogP contribution in [0, 0.1) is 6.92 Å². The van der Waals surface area contributed by atoms with Crippen LogP contribution in [0.15, 0.2) is 6.20 Å². The van der Waals surface area contributed by atoms with Crippen molar-refractivity contribution in [1.82, 2.24) is 15.3 Å². The second kappa shape index (κ2) is 4.55. The number of carboxylic acids is 1. The van der Waals surface area contributed by atoms with Crippen LogP contribution in [-0.4, -0.2) is 22.0 Å². The molecule has 1 N–H and O–H groups in total. The predicted octanol–water partition coefficient (Wildman–Crippen LogP) is -1.03. The Morgan fingerprint density at radius 1 is 1.60 bits per heavy atom. The molecular formula is C9H11ClN3O2-. The van der Waals surface area contributed by atoms with Crippen molar-refractivity contribution in [3.63, 3.8) is 0 Å². The van der Waals surface area contributed by atoms with Crippen LogP contribution in [0.25, 0.3) is 0 Å². The molecule has 1 aliphatic rings. The van der Waals surface area contributed by atoms with E-state index in [0.717, 1.165) is 17.1 Å². The van der Waals surface area contributed by atoms with Gasteiger partial charge < -0.3 is 15.2 Å². The maximum absolute atomic E-state index is 10.6. The van der Waals surface area contributed by atoms with E-state index in [4.69, 9.17) is 0 Å². The van der Waals surface area contributed by atoms with Crippen LogP contribution in [0.2, 0.25) is 0 Å². The van der Waals surface area contributed by atoms with E-state index in [-0.39, 0.29) is 12.4 Å². The number of carboxylic acid groups (broad SMARTS) is 1. The summed E-state index contributed by atoms with van der Waals surface area (Å²) in [4.78, 5) is 19.0. The van der Waals surface area contributed by atoms with E-state index in [1.54, 1.807) is 6.20 Å². The molecule has 6 heteroatoms. The van der Waals surface area contributed by atoms with Gasteiger partial charge in [-0.05, 0) is 6.92 Å². The summed E-state index contributed by atoms with van der Waals surface area (Å²) < 4.78 is 0. The Bertz CT molecular complexity index is 384. The Hall–Kier alpha value is -1.20. The van der Waals surface area contributed by atoms with E-state index in [9.17, 15) is 9.90 Å². The largest absolute Gasteiger partial charge is 0.548 e. The van der Waals surface area contributed by atoms with Crippen molar-refractivity contribution in [3.8, 4) is 0 Å². The number of hydrogen-bond donors (Lipinski definition) is 1. The van der Waals surface area contributed by atoms with Crippen LogP contribution in [0.1, 0.15) is 17.1 Å². The highest BCUT2D eigenvalue weighted by Gasteiger charge is 2.20. The molecule has 2 heterocycles. The third kappa shape index (κ3) is 2.43. The summed E-state index contributed by atoms with van der Waals surface area (Å²) in [5.41, 5.74) is 2.43. The fourth-order valence-corrected chi connectivity index (χ4v) is 1.52. The van der Waals surface area contributed by atoms with Crippen molar-refractivity contribution >= 4 is 18.4 Å². The van der Waals surface area contributed by atoms with E-state index in [1.165, 1.54) is 0 Å². The predicted molar refractivity (Wildman–Crippen MR) is 53.4 cm³/mol. The Morgan fingerprint density at radius 2 is 2.33 bits per heavy atom. The summed E-state index contributed by atoms with van der Waals surface area (Å²) in [5.74, 6) is -1.09. The summed E-state index contributed by atoms with van der Waals surface area (Å²) in [5, 5.41) is 13.4. The summed E-state index contributed by atoms with van der Waals surface area (Å²) in [7, 11) is 0. The minimum atomic E-state index is -1.09. The third-order valence-corrected chi connectivity index (χ3v) is 2.25. The standard InChI is InChI=1S/C9H11N3O2.ClH/c1-5-3-10-6-2-7(9(13)14)11-4-8(6)12-5;/h3,7,11H,2,4H2,1H3,(H,13,14);1H/p-1. The van der Waals surface area contributed by atoms with Crippen molar-refractivity contribution in [1.29, 1.82) is 0 Å². The SMILES string of the molecule is Cc1cnc2c(n1)CNC(C(=O)[O-])C2.Cl. The van der Waals surface area contributed by atoms with Gasteiger partial charge in [-0.3, -0.25) is 9.97 Å². The molecule has 1 atom stereocenters. The van der Waals surface area contributed by atoms with Gasteiger partial charge in [0.2, 0.25) is 0 Å². The molecule has 0 fully saturated rings. The number of carbonyl (C=O) groups is 1. The first kappa shape index (κ1) is 11.9. The summed E-state index contributed by atoms with van der Waals surface area (Å²) >= 11 is 0. The first-order valence-electron chi connectivity index (χ1n) is 4.42. The minimum Gasteiger partial charge on any atom is -0.548 e. The van der Waals surface area contributed by atoms with Gasteiger partial charge in [0.05, 0.1) is 29.1 Å². The lowest BCUT2D eigenvalue weighted by molar-refractivity contribution is -0.308. The summed E-state index contributed by atoms with van der Waals surface area (Å²) in [6.45, 7) is 2.31. The van der Waals surface area contributed by atoms with Crippen LogP contribution in [0.5, 0.6) is 0 Å². The average molecular weight is 229 g/mol. The zero-order valence-electron chi connectivity index (χ0n) is 8.19. The van der Waals surface area contributed by atoms with Gasteiger partial charge in [-0.2, -0.15) is 0 Å². The molecule has 1 unspecified atom stereocenters. The third-order valence-electron chi connectivity index (χ3n) is 2.25. The van der Waals surface area contributed by atoms with E-state index in [2.05, 4.69) is 15.3 Å². The van der Waals surface area contributed by atoms with Crippen LogP contribution in [-0.2, 0) is 17.8 Å². The van der Waals surface area contributed by atoms with Crippen LogP contribution >= 0.6 is 12.4 Å². The topological polar surface area (TPSA) is 77.9 Å². The molecule has 0 radical (unpaired) electrons. The highest BCUT2D eigenvalue weighted by molar-refractivity contribution is 5.85. The van der Waals surface area contributed by atoms with E-state index in [0.29, 0.717) is 13.0 Å². The molecule has 0 saturated heterocycles. The number of carbonyl (C=O) groups excluding carboxylic acids is 1. The number of hydrogen-bond acceptors (Lipinski definition) is 5. The number of nitrogens with one attached hydrogen (secondary N) is 1. The molecule has 1 aliphatic heterocycles. The molecule has 5 nitrogen and oxygen atoms in total. The van der Waals surface area contributed by atoms with E-state index >= 15 is 0 Å². The Kier molecular flexibility index (Phi) is 3.60. The molecule has 15 heavy (non-hydrogen) atoms. The lowest BCUT2D eigenvalue weighted by Gasteiger charge is -2.25. The number of halogens is 1. The van der Waals surface area contributed by atoms with Gasteiger partial charge in [0.25, 0.3) is 0 Å². The molecule has 0 spiro atoms. The van der Waals surface area contributed by atoms with Gasteiger partial charge in [-0.1, -0.05) is 0 Å². The van der Waals surface area contributed by atoms with Crippen LogP contribution in [0.3, 0.4) is 0 Å². The Labute approximate surface area is 93.3 Å². The first-order chi connectivity index (χ1) is 6.66. The summed E-state index contributed by atoms with van der Waals surface area (Å²) in [6, 6.07) is -0.639. The molecular weight excluding hydrogens is 218 g/mol. The molecule has 0 aromatic carbocycles. The molecule has 0 saturated carbocycles. The van der Waals surface area contributed by atoms with Gasteiger partial charge in [0, 0.05) is 19.2 Å². The summed E-state index contributed by atoms with van der Waals surface area (Å²) in [6.07, 6.45) is 2.00. The Balaban J connectivity index is 0.00000112. The smallest absolute Gasteiger partial charge is 0.0760 e. The van der Waals surface area contributed by atoms with Gasteiger partial charge in [-0.15, -0.1) is 12.4 Å². The minimum absolute atomic E-state index is 0. The zero-order chi connectivity index (χ0) is 10.1. The number of nitrogens with zero attached hydrogens (tertiary/aromatic N) is 2. The fourth-order valence-electron chi connectivity index (χ4n) is 1.52. The van der Waals surface area contributed by atoms with Gasteiger partial charge in [0.1, 0.15) is 0 Å². The highest BCUT2D eigenvalue weighted by atomic mass is 35.5. The maximum Gasteiger partial charge on any atom is 0.0760 e. The molecule has 1 aromatic heterocycles. The quantitative estimate of drug-likeness (QED) is 0.665. The monoisotopic (exact) mass is 228 g/mol. The second-order valence-corrected chi connectivity index (χ2v) is 3.36. The number of aliphatic carboxylic acids is 1.